The van der Waals surface area contributed by atoms with E-state index in [-0.39, 0.29) is 16.2 Å². The Bertz CT molecular complexity index is 1360. The van der Waals surface area contributed by atoms with E-state index in [1.165, 1.54) is 32.4 Å². The second-order valence-corrected chi connectivity index (χ2v) is 8.96. The van der Waals surface area contributed by atoms with Crippen molar-refractivity contribution in [3.05, 3.63) is 67.0 Å². The molecule has 0 spiro atoms. The molecule has 0 aliphatic heterocycles. The number of nitrogens with two attached hydrogens (primary N) is 1. The van der Waals surface area contributed by atoms with E-state index in [2.05, 4.69) is 15.0 Å². The third kappa shape index (κ3) is 3.38. The quantitative estimate of drug-likeness (QED) is 0.540. The maximum atomic E-state index is 14.9. The zero-order valence-corrected chi connectivity index (χ0v) is 17.1. The molecule has 0 bridgehead atoms. The number of hydrogen-bond donors (Lipinski definition) is 1. The van der Waals surface area contributed by atoms with Gasteiger partial charge in [-0.05, 0) is 53.1 Å². The summed E-state index contributed by atoms with van der Waals surface area (Å²) in [5, 5.41) is 0.590. The maximum Gasteiger partial charge on any atom is 0.246 e. The van der Waals surface area contributed by atoms with E-state index in [0.717, 1.165) is 15.4 Å². The summed E-state index contributed by atoms with van der Waals surface area (Å²) in [6.45, 7) is 0. The first kappa shape index (κ1) is 19.9. The number of halogens is 1. The Morgan fingerprint density at radius 1 is 0.933 bits per heavy atom. The molecular weight excluding hydrogens is 405 g/mol. The van der Waals surface area contributed by atoms with E-state index in [1.807, 2.05) is 12.1 Å². The molecule has 4 aromatic rings. The Kier molecular flexibility index (Phi) is 4.92. The second-order valence-electron chi connectivity index (χ2n) is 6.84. The first-order valence-electron chi connectivity index (χ1n) is 8.96. The van der Waals surface area contributed by atoms with Crippen LogP contribution < -0.4 is 5.73 Å². The average molecular weight is 423 g/mol. The van der Waals surface area contributed by atoms with Crippen LogP contribution in [-0.2, 0) is 10.0 Å². The zero-order chi connectivity index (χ0) is 21.5. The van der Waals surface area contributed by atoms with Crippen LogP contribution in [-0.4, -0.2) is 41.8 Å². The molecule has 9 heteroatoms. The van der Waals surface area contributed by atoms with Gasteiger partial charge in [-0.2, -0.15) is 0 Å². The lowest BCUT2D eigenvalue weighted by Crippen LogP contribution is -2.23. The topological polar surface area (TPSA) is 102 Å². The number of sulfonamides is 1. The lowest BCUT2D eigenvalue weighted by atomic mass is 9.98. The number of nitrogen functional groups attached to an aromatic ring is 1. The fourth-order valence-electron chi connectivity index (χ4n) is 3.18. The van der Waals surface area contributed by atoms with Gasteiger partial charge in [-0.25, -0.2) is 22.1 Å². The highest BCUT2D eigenvalue weighted by Gasteiger charge is 2.22. The van der Waals surface area contributed by atoms with E-state index < -0.39 is 15.8 Å². The number of rotatable bonds is 4. The van der Waals surface area contributed by atoms with Gasteiger partial charge >= 0.3 is 0 Å². The van der Waals surface area contributed by atoms with Crippen molar-refractivity contribution in [1.29, 1.82) is 0 Å². The molecule has 0 amide bonds. The van der Waals surface area contributed by atoms with Gasteiger partial charge in [0.15, 0.2) is 0 Å². The van der Waals surface area contributed by atoms with Crippen LogP contribution in [0.25, 0.3) is 33.2 Å². The number of benzene rings is 1. The molecule has 3 heterocycles. The van der Waals surface area contributed by atoms with Crippen molar-refractivity contribution < 1.29 is 12.8 Å². The maximum absolute atomic E-state index is 14.9. The number of nitrogens with zero attached hydrogens (tertiary/aromatic N) is 4. The van der Waals surface area contributed by atoms with Crippen LogP contribution in [0.1, 0.15) is 0 Å². The van der Waals surface area contributed by atoms with E-state index >= 15 is 0 Å². The monoisotopic (exact) mass is 423 g/mol. The van der Waals surface area contributed by atoms with Crippen LogP contribution in [0.15, 0.2) is 66.1 Å². The van der Waals surface area contributed by atoms with Gasteiger partial charge in [0.2, 0.25) is 10.0 Å². The summed E-state index contributed by atoms with van der Waals surface area (Å²) in [6.07, 6.45) is 6.29. The van der Waals surface area contributed by atoms with Crippen LogP contribution in [0.2, 0.25) is 0 Å². The predicted octanol–water partition coefficient (Wildman–Crippen LogP) is 3.33. The minimum Gasteiger partial charge on any atom is -0.383 e. The lowest BCUT2D eigenvalue weighted by Gasteiger charge is -2.14. The molecule has 4 rings (SSSR count). The van der Waals surface area contributed by atoms with Crippen LogP contribution in [0, 0.1) is 5.82 Å². The Morgan fingerprint density at radius 2 is 1.67 bits per heavy atom. The zero-order valence-electron chi connectivity index (χ0n) is 16.2. The van der Waals surface area contributed by atoms with E-state index in [4.69, 9.17) is 5.73 Å². The van der Waals surface area contributed by atoms with Gasteiger partial charge in [0.05, 0.1) is 0 Å². The Morgan fingerprint density at radius 3 is 2.37 bits per heavy atom. The van der Waals surface area contributed by atoms with Crippen molar-refractivity contribution in [2.75, 3.05) is 19.8 Å². The number of hydrogen-bond acceptors (Lipinski definition) is 6. The fourth-order valence-corrected chi connectivity index (χ4v) is 4.16. The highest BCUT2D eigenvalue weighted by Crippen LogP contribution is 2.34. The molecule has 0 radical (unpaired) electrons. The SMILES string of the molecule is CN(C)S(=O)(=O)c1cc(-c2cc(F)c3nccc(-c4ccncc4)c3c2)cnc1N. The van der Waals surface area contributed by atoms with Gasteiger partial charge < -0.3 is 5.73 Å². The van der Waals surface area contributed by atoms with Crippen molar-refractivity contribution in [1.82, 2.24) is 19.3 Å². The van der Waals surface area contributed by atoms with Crippen molar-refractivity contribution in [2.24, 2.45) is 0 Å². The van der Waals surface area contributed by atoms with Crippen LogP contribution in [0.4, 0.5) is 10.2 Å². The summed E-state index contributed by atoms with van der Waals surface area (Å²) in [7, 11) is -0.996. The largest absolute Gasteiger partial charge is 0.383 e. The third-order valence-corrected chi connectivity index (χ3v) is 6.61. The molecule has 0 unspecified atom stereocenters. The normalized spacial score (nSPS) is 11.9. The number of anilines is 1. The molecule has 0 saturated heterocycles. The van der Waals surface area contributed by atoms with Crippen molar-refractivity contribution >= 4 is 26.7 Å². The van der Waals surface area contributed by atoms with Gasteiger partial charge in [-0.3, -0.25) is 9.97 Å². The van der Waals surface area contributed by atoms with Gasteiger partial charge in [0, 0.05) is 49.8 Å². The van der Waals surface area contributed by atoms with Gasteiger partial charge in [-0.1, -0.05) is 0 Å². The molecule has 0 aliphatic rings. The van der Waals surface area contributed by atoms with Gasteiger partial charge in [0.1, 0.15) is 22.0 Å². The van der Waals surface area contributed by atoms with Crippen LogP contribution in [0.5, 0.6) is 0 Å². The Labute approximate surface area is 173 Å². The summed E-state index contributed by atoms with van der Waals surface area (Å²) in [4.78, 5) is 12.1. The molecule has 2 N–H and O–H groups in total. The van der Waals surface area contributed by atoms with Gasteiger partial charge in [-0.15, -0.1) is 0 Å². The minimum atomic E-state index is -3.81. The highest BCUT2D eigenvalue weighted by atomic mass is 32.2. The second kappa shape index (κ2) is 7.43. The van der Waals surface area contributed by atoms with Crippen molar-refractivity contribution in [3.63, 3.8) is 0 Å². The third-order valence-electron chi connectivity index (χ3n) is 4.76. The Hall–Kier alpha value is -3.43. The highest BCUT2D eigenvalue weighted by molar-refractivity contribution is 7.89. The summed E-state index contributed by atoms with van der Waals surface area (Å²) < 4.78 is 41.1. The smallest absolute Gasteiger partial charge is 0.246 e. The predicted molar refractivity (Wildman–Crippen MR) is 113 cm³/mol. The summed E-state index contributed by atoms with van der Waals surface area (Å²) in [6, 6.07) is 9.92. The molecule has 152 valence electrons. The molecule has 0 fully saturated rings. The van der Waals surface area contributed by atoms with Crippen LogP contribution >= 0.6 is 0 Å². The molecule has 30 heavy (non-hydrogen) atoms. The Balaban J connectivity index is 1.95. The number of pyridine rings is 3. The molecule has 7 nitrogen and oxygen atoms in total. The first-order valence-corrected chi connectivity index (χ1v) is 10.4. The molecule has 0 aliphatic carbocycles. The standard InChI is InChI=1S/C21H18FN5O2S/c1-27(2)30(28,29)19-11-15(12-26-21(19)23)14-9-17-16(13-3-6-24-7-4-13)5-8-25-20(17)18(22)10-14/h3-12H,1-2H3,(H2,23,26). The number of fused-ring (bicyclic) bond motifs is 1. The lowest BCUT2D eigenvalue weighted by molar-refractivity contribution is 0.521. The molecule has 3 aromatic heterocycles. The molecular formula is C21H18FN5O2S. The van der Waals surface area contributed by atoms with E-state index in [9.17, 15) is 12.8 Å². The minimum absolute atomic E-state index is 0.118. The van der Waals surface area contributed by atoms with Crippen LogP contribution in [0.3, 0.4) is 0 Å². The number of aromatic nitrogens is 3. The average Bonchev–Trinajstić information content (AvgIpc) is 2.74. The van der Waals surface area contributed by atoms with Crippen molar-refractivity contribution in [2.45, 2.75) is 4.90 Å². The summed E-state index contributed by atoms with van der Waals surface area (Å²) in [5.74, 6) is -0.639. The summed E-state index contributed by atoms with van der Waals surface area (Å²) >= 11 is 0. The summed E-state index contributed by atoms with van der Waals surface area (Å²) in [5.41, 5.74) is 8.56. The van der Waals surface area contributed by atoms with E-state index in [1.54, 1.807) is 30.7 Å². The molecule has 0 saturated carbocycles. The van der Waals surface area contributed by atoms with E-state index in [0.29, 0.717) is 16.5 Å². The molecule has 1 aromatic carbocycles. The first-order chi connectivity index (χ1) is 14.3. The van der Waals surface area contributed by atoms with Gasteiger partial charge in [0.25, 0.3) is 0 Å². The molecule has 0 atom stereocenters. The fraction of sp³-hybridized carbons (Fsp3) is 0.0952. The van der Waals surface area contributed by atoms with Crippen molar-refractivity contribution in [3.8, 4) is 22.3 Å².